The van der Waals surface area contributed by atoms with Crippen LogP contribution in [-0.4, -0.2) is 23.2 Å². The first-order chi connectivity index (χ1) is 10.2. The topological polar surface area (TPSA) is 44.2 Å². The summed E-state index contributed by atoms with van der Waals surface area (Å²) in [6, 6.07) is 7.66. The average molecular weight is 323 g/mol. The molecule has 21 heavy (non-hydrogen) atoms. The zero-order valence-electron chi connectivity index (χ0n) is 11.6. The van der Waals surface area contributed by atoms with Gasteiger partial charge in [0.2, 0.25) is 0 Å². The van der Waals surface area contributed by atoms with Crippen LogP contribution in [0.5, 0.6) is 11.5 Å². The first-order valence-corrected chi connectivity index (χ1v) is 8.05. The average Bonchev–Trinajstić information content (AvgIpc) is 2.47. The maximum absolute atomic E-state index is 6.06. The number of fused-ring (bicyclic) bond motifs is 1. The molecule has 6 heteroatoms. The third-order valence-electron chi connectivity index (χ3n) is 2.93. The van der Waals surface area contributed by atoms with Crippen molar-refractivity contribution in [2.24, 2.45) is 0 Å². The SMILES string of the molecule is CCCc1nc(Cl)cc(Sc2ccc3c(c2)OCCO3)n1. The number of ether oxygens (including phenoxy) is 2. The van der Waals surface area contributed by atoms with Gasteiger partial charge in [-0.2, -0.15) is 0 Å². The van der Waals surface area contributed by atoms with Gasteiger partial charge in [0.15, 0.2) is 11.5 Å². The fraction of sp³-hybridized carbons (Fsp3) is 0.333. The van der Waals surface area contributed by atoms with Gasteiger partial charge in [0, 0.05) is 17.4 Å². The molecule has 0 fully saturated rings. The van der Waals surface area contributed by atoms with Crippen molar-refractivity contribution in [1.29, 1.82) is 0 Å². The third kappa shape index (κ3) is 3.60. The molecule has 4 nitrogen and oxygen atoms in total. The fourth-order valence-corrected chi connectivity index (χ4v) is 3.17. The van der Waals surface area contributed by atoms with Crippen molar-refractivity contribution in [3.05, 3.63) is 35.2 Å². The molecule has 0 saturated heterocycles. The molecule has 0 bridgehead atoms. The van der Waals surface area contributed by atoms with Crippen LogP contribution in [0.3, 0.4) is 0 Å². The Morgan fingerprint density at radius 3 is 2.76 bits per heavy atom. The summed E-state index contributed by atoms with van der Waals surface area (Å²) in [4.78, 5) is 9.80. The summed E-state index contributed by atoms with van der Waals surface area (Å²) in [6.07, 6.45) is 1.82. The van der Waals surface area contributed by atoms with E-state index in [1.807, 2.05) is 18.2 Å². The molecule has 1 aromatic carbocycles. The Kier molecular flexibility index (Phi) is 4.51. The summed E-state index contributed by atoms with van der Waals surface area (Å²) in [7, 11) is 0. The Hall–Kier alpha value is -1.46. The van der Waals surface area contributed by atoms with E-state index >= 15 is 0 Å². The highest BCUT2D eigenvalue weighted by Gasteiger charge is 2.13. The summed E-state index contributed by atoms with van der Waals surface area (Å²) in [5.74, 6) is 2.35. The number of benzene rings is 1. The predicted octanol–water partition coefficient (Wildman–Crippen LogP) is 4.00. The highest BCUT2D eigenvalue weighted by molar-refractivity contribution is 7.99. The van der Waals surface area contributed by atoms with Crippen molar-refractivity contribution < 1.29 is 9.47 Å². The van der Waals surface area contributed by atoms with Gasteiger partial charge >= 0.3 is 0 Å². The Morgan fingerprint density at radius 2 is 1.95 bits per heavy atom. The van der Waals surface area contributed by atoms with Crippen molar-refractivity contribution in [3.63, 3.8) is 0 Å². The summed E-state index contributed by atoms with van der Waals surface area (Å²) >= 11 is 7.60. The van der Waals surface area contributed by atoms with Crippen LogP contribution in [0, 0.1) is 0 Å². The van der Waals surface area contributed by atoms with Gasteiger partial charge in [-0.1, -0.05) is 30.3 Å². The molecule has 0 unspecified atom stereocenters. The lowest BCUT2D eigenvalue weighted by Gasteiger charge is -2.18. The van der Waals surface area contributed by atoms with Crippen LogP contribution in [0.4, 0.5) is 0 Å². The van der Waals surface area contributed by atoms with Crippen LogP contribution in [-0.2, 0) is 6.42 Å². The number of aromatic nitrogens is 2. The molecule has 3 rings (SSSR count). The Morgan fingerprint density at radius 1 is 1.14 bits per heavy atom. The molecule has 2 heterocycles. The van der Waals surface area contributed by atoms with E-state index < -0.39 is 0 Å². The number of hydrogen-bond acceptors (Lipinski definition) is 5. The van der Waals surface area contributed by atoms with Gasteiger partial charge in [0.05, 0.1) is 0 Å². The molecule has 0 spiro atoms. The van der Waals surface area contributed by atoms with Crippen molar-refractivity contribution in [1.82, 2.24) is 9.97 Å². The molecular formula is C15H15ClN2O2S. The zero-order chi connectivity index (χ0) is 14.7. The van der Waals surface area contributed by atoms with Crippen LogP contribution in [0.15, 0.2) is 34.2 Å². The highest BCUT2D eigenvalue weighted by Crippen LogP contribution is 2.36. The second-order valence-electron chi connectivity index (χ2n) is 4.60. The van der Waals surface area contributed by atoms with E-state index in [0.717, 1.165) is 40.1 Å². The van der Waals surface area contributed by atoms with Crippen LogP contribution in [0.2, 0.25) is 5.15 Å². The lowest BCUT2D eigenvalue weighted by atomic mass is 10.3. The van der Waals surface area contributed by atoms with E-state index in [0.29, 0.717) is 18.4 Å². The van der Waals surface area contributed by atoms with Crippen LogP contribution in [0.25, 0.3) is 0 Å². The van der Waals surface area contributed by atoms with Gasteiger partial charge in [-0.25, -0.2) is 9.97 Å². The van der Waals surface area contributed by atoms with Crippen molar-refractivity contribution >= 4 is 23.4 Å². The molecule has 0 saturated carbocycles. The minimum Gasteiger partial charge on any atom is -0.486 e. The Labute approximate surface area is 132 Å². The molecule has 1 aliphatic rings. The Bertz CT molecular complexity index is 652. The van der Waals surface area contributed by atoms with Crippen molar-refractivity contribution in [3.8, 4) is 11.5 Å². The van der Waals surface area contributed by atoms with E-state index in [4.69, 9.17) is 21.1 Å². The van der Waals surface area contributed by atoms with Gasteiger partial charge in [-0.05, 0) is 24.6 Å². The standard InChI is InChI=1S/C15H15ClN2O2S/c1-2-3-14-17-13(16)9-15(18-14)21-10-4-5-11-12(8-10)20-7-6-19-11/h4-5,8-9H,2-3,6-7H2,1H3. The minimum absolute atomic E-state index is 0.480. The normalized spacial score (nSPS) is 13.2. The maximum atomic E-state index is 6.06. The van der Waals surface area contributed by atoms with Gasteiger partial charge in [-0.3, -0.25) is 0 Å². The quantitative estimate of drug-likeness (QED) is 0.796. The molecule has 0 N–H and O–H groups in total. The van der Waals surface area contributed by atoms with E-state index in [2.05, 4.69) is 16.9 Å². The molecule has 1 aromatic heterocycles. The highest BCUT2D eigenvalue weighted by atomic mass is 35.5. The maximum Gasteiger partial charge on any atom is 0.162 e. The third-order valence-corrected chi connectivity index (χ3v) is 4.03. The molecule has 0 aliphatic carbocycles. The summed E-state index contributed by atoms with van der Waals surface area (Å²) < 4.78 is 11.1. The second kappa shape index (κ2) is 6.54. The molecule has 0 atom stereocenters. The molecule has 2 aromatic rings. The van der Waals surface area contributed by atoms with Gasteiger partial charge in [0.25, 0.3) is 0 Å². The minimum atomic E-state index is 0.480. The first-order valence-electron chi connectivity index (χ1n) is 6.85. The van der Waals surface area contributed by atoms with Gasteiger partial charge in [0.1, 0.15) is 29.2 Å². The molecule has 0 radical (unpaired) electrons. The van der Waals surface area contributed by atoms with Gasteiger partial charge < -0.3 is 9.47 Å². The van der Waals surface area contributed by atoms with Crippen molar-refractivity contribution in [2.45, 2.75) is 29.7 Å². The van der Waals surface area contributed by atoms with Crippen LogP contribution < -0.4 is 9.47 Å². The van der Waals surface area contributed by atoms with E-state index in [9.17, 15) is 0 Å². The monoisotopic (exact) mass is 322 g/mol. The number of hydrogen-bond donors (Lipinski definition) is 0. The lowest BCUT2D eigenvalue weighted by molar-refractivity contribution is 0.171. The predicted molar refractivity (Wildman–Crippen MR) is 82.6 cm³/mol. The number of halogens is 1. The summed E-state index contributed by atoms with van der Waals surface area (Å²) in [5, 5.41) is 1.32. The largest absolute Gasteiger partial charge is 0.486 e. The number of nitrogens with zero attached hydrogens (tertiary/aromatic N) is 2. The van der Waals surface area contributed by atoms with E-state index in [1.54, 1.807) is 17.8 Å². The smallest absolute Gasteiger partial charge is 0.162 e. The number of rotatable bonds is 4. The second-order valence-corrected chi connectivity index (χ2v) is 6.08. The van der Waals surface area contributed by atoms with Crippen LogP contribution >= 0.6 is 23.4 Å². The fourth-order valence-electron chi connectivity index (χ4n) is 2.04. The lowest BCUT2D eigenvalue weighted by Crippen LogP contribution is -2.15. The summed E-state index contributed by atoms with van der Waals surface area (Å²) in [6.45, 7) is 3.28. The Balaban J connectivity index is 1.83. The first kappa shape index (κ1) is 14.5. The van der Waals surface area contributed by atoms with Crippen molar-refractivity contribution in [2.75, 3.05) is 13.2 Å². The molecule has 0 amide bonds. The number of aryl methyl sites for hydroxylation is 1. The van der Waals surface area contributed by atoms with Crippen LogP contribution in [0.1, 0.15) is 19.2 Å². The zero-order valence-corrected chi connectivity index (χ0v) is 13.2. The molecular weight excluding hydrogens is 308 g/mol. The summed E-state index contributed by atoms with van der Waals surface area (Å²) in [5.41, 5.74) is 0. The van der Waals surface area contributed by atoms with E-state index in [-0.39, 0.29) is 0 Å². The molecule has 110 valence electrons. The van der Waals surface area contributed by atoms with Gasteiger partial charge in [-0.15, -0.1) is 0 Å². The van der Waals surface area contributed by atoms with E-state index in [1.165, 1.54) is 0 Å². The molecule has 1 aliphatic heterocycles.